The van der Waals surface area contributed by atoms with Crippen LogP contribution < -0.4 is 11.1 Å². The van der Waals surface area contributed by atoms with Gasteiger partial charge in [-0.15, -0.1) is 0 Å². The second-order valence-electron chi connectivity index (χ2n) is 5.99. The van der Waals surface area contributed by atoms with Crippen LogP contribution in [0.25, 0.3) is 16.9 Å². The number of nitrogens with two attached hydrogens (primary N) is 1. The number of nitrogen functional groups attached to an aromatic ring is 1. The molecule has 0 aliphatic heterocycles. The number of anilines is 2. The van der Waals surface area contributed by atoms with Crippen LogP contribution in [0.5, 0.6) is 0 Å². The highest BCUT2D eigenvalue weighted by Gasteiger charge is 2.12. The number of aryl methyl sites for hydroxylation is 1. The minimum atomic E-state index is -0.378. The molecule has 0 unspecified atom stereocenters. The van der Waals surface area contributed by atoms with Gasteiger partial charge in [0.1, 0.15) is 11.5 Å². The number of carbonyl (C=O) groups is 1. The van der Waals surface area contributed by atoms with E-state index in [2.05, 4.69) is 20.4 Å². The first-order valence-corrected chi connectivity index (χ1v) is 8.26. The summed E-state index contributed by atoms with van der Waals surface area (Å²) in [7, 11) is 1.85. The second-order valence-corrected chi connectivity index (χ2v) is 5.99. The molecule has 0 aliphatic rings. The first-order valence-electron chi connectivity index (χ1n) is 8.26. The van der Waals surface area contributed by atoms with Crippen LogP contribution in [0.15, 0.2) is 67.4 Å². The van der Waals surface area contributed by atoms with Gasteiger partial charge in [0.2, 0.25) is 0 Å². The summed E-state index contributed by atoms with van der Waals surface area (Å²) in [6.45, 7) is 0. The average molecular weight is 359 g/mol. The lowest BCUT2D eigenvalue weighted by Gasteiger charge is -2.10. The Labute approximate surface area is 155 Å². The Kier molecular flexibility index (Phi) is 4.13. The molecule has 0 bridgehead atoms. The molecule has 0 saturated carbocycles. The number of rotatable bonds is 4. The summed E-state index contributed by atoms with van der Waals surface area (Å²) in [5, 5.41) is 6.86. The Morgan fingerprint density at radius 1 is 1.07 bits per heavy atom. The van der Waals surface area contributed by atoms with E-state index in [1.54, 1.807) is 35.3 Å². The molecule has 4 rings (SSSR count). The summed E-state index contributed by atoms with van der Waals surface area (Å²) < 4.78 is 3.54. The van der Waals surface area contributed by atoms with E-state index in [9.17, 15) is 4.79 Å². The fraction of sp³-hybridized carbons (Fsp3) is 0.0526. The third-order valence-corrected chi connectivity index (χ3v) is 4.05. The van der Waals surface area contributed by atoms with Crippen molar-refractivity contribution in [2.24, 2.45) is 7.05 Å². The molecule has 0 radical (unpaired) electrons. The number of aromatic nitrogens is 5. The Hall–Kier alpha value is -3.94. The molecule has 134 valence electrons. The first-order chi connectivity index (χ1) is 13.1. The molecule has 27 heavy (non-hydrogen) atoms. The predicted octanol–water partition coefficient (Wildman–Crippen LogP) is 2.50. The van der Waals surface area contributed by atoms with Crippen LogP contribution in [-0.2, 0) is 7.05 Å². The molecular formula is C19H17N7O. The normalized spacial score (nSPS) is 10.7. The molecular weight excluding hydrogens is 342 g/mol. The first kappa shape index (κ1) is 16.5. The zero-order valence-electron chi connectivity index (χ0n) is 14.6. The minimum Gasteiger partial charge on any atom is -0.396 e. The van der Waals surface area contributed by atoms with Crippen LogP contribution in [-0.4, -0.2) is 30.2 Å². The lowest BCUT2D eigenvalue weighted by molar-refractivity contribution is 0.102. The highest BCUT2D eigenvalue weighted by Crippen LogP contribution is 2.20. The third kappa shape index (κ3) is 3.40. The summed E-state index contributed by atoms with van der Waals surface area (Å²) in [6.07, 6.45) is 8.99. The second kappa shape index (κ2) is 6.75. The summed E-state index contributed by atoms with van der Waals surface area (Å²) in [4.78, 5) is 21.2. The van der Waals surface area contributed by atoms with Crippen LogP contribution >= 0.6 is 0 Å². The van der Waals surface area contributed by atoms with Crippen molar-refractivity contribution >= 4 is 17.4 Å². The van der Waals surface area contributed by atoms with Crippen molar-refractivity contribution in [1.82, 2.24) is 24.3 Å². The summed E-state index contributed by atoms with van der Waals surface area (Å²) in [6, 6.07) is 10.8. The molecule has 0 atom stereocenters. The zero-order chi connectivity index (χ0) is 18.8. The van der Waals surface area contributed by atoms with Crippen LogP contribution in [0, 0.1) is 0 Å². The quantitative estimate of drug-likeness (QED) is 0.583. The van der Waals surface area contributed by atoms with E-state index in [1.165, 1.54) is 0 Å². The number of carbonyl (C=O) groups excluding carboxylic acids is 1. The lowest BCUT2D eigenvalue weighted by atomic mass is 10.1. The van der Waals surface area contributed by atoms with Gasteiger partial charge in [-0.3, -0.25) is 14.5 Å². The predicted molar refractivity (Wildman–Crippen MR) is 102 cm³/mol. The maximum absolute atomic E-state index is 12.5. The van der Waals surface area contributed by atoms with E-state index in [-0.39, 0.29) is 11.6 Å². The Morgan fingerprint density at radius 3 is 2.56 bits per heavy atom. The summed E-state index contributed by atoms with van der Waals surface area (Å²) in [5.74, 6) is 0.574. The van der Waals surface area contributed by atoms with Gasteiger partial charge in [-0.05, 0) is 30.3 Å². The number of amides is 1. The van der Waals surface area contributed by atoms with Gasteiger partial charge in [0, 0.05) is 43.0 Å². The zero-order valence-corrected chi connectivity index (χ0v) is 14.6. The van der Waals surface area contributed by atoms with Crippen LogP contribution in [0.2, 0.25) is 0 Å². The molecule has 0 spiro atoms. The molecule has 0 fully saturated rings. The largest absolute Gasteiger partial charge is 0.396 e. The van der Waals surface area contributed by atoms with E-state index in [0.717, 1.165) is 11.1 Å². The van der Waals surface area contributed by atoms with Crippen molar-refractivity contribution in [1.29, 1.82) is 0 Å². The van der Waals surface area contributed by atoms with E-state index < -0.39 is 0 Å². The number of nitrogens with zero attached hydrogens (tertiary/aromatic N) is 5. The number of pyridine rings is 2. The number of hydrogen-bond donors (Lipinski definition) is 2. The Morgan fingerprint density at radius 2 is 1.89 bits per heavy atom. The van der Waals surface area contributed by atoms with E-state index >= 15 is 0 Å². The van der Waals surface area contributed by atoms with E-state index in [1.807, 2.05) is 48.4 Å². The smallest absolute Gasteiger partial charge is 0.275 e. The van der Waals surface area contributed by atoms with Gasteiger partial charge in [0.15, 0.2) is 5.82 Å². The van der Waals surface area contributed by atoms with Crippen molar-refractivity contribution in [2.75, 3.05) is 11.1 Å². The van der Waals surface area contributed by atoms with Crippen molar-refractivity contribution in [3.05, 3.63) is 73.1 Å². The standard InChI is InChI=1S/C19H17N7O/c1-25-12-14(11-22-25)13-4-6-16(21-10-13)19(27)24-18-15(20)5-7-17(23-18)26-8-2-3-9-26/h2-12H,20H2,1H3,(H,23,24,27). The highest BCUT2D eigenvalue weighted by molar-refractivity contribution is 6.03. The van der Waals surface area contributed by atoms with Crippen molar-refractivity contribution in [3.63, 3.8) is 0 Å². The molecule has 1 amide bonds. The number of hydrogen-bond acceptors (Lipinski definition) is 5. The maximum Gasteiger partial charge on any atom is 0.275 e. The summed E-state index contributed by atoms with van der Waals surface area (Å²) >= 11 is 0. The lowest BCUT2D eigenvalue weighted by Crippen LogP contribution is -2.16. The van der Waals surface area contributed by atoms with Gasteiger partial charge in [-0.2, -0.15) is 5.10 Å². The molecule has 3 N–H and O–H groups in total. The Bertz CT molecular complexity index is 1080. The monoisotopic (exact) mass is 359 g/mol. The topological polar surface area (TPSA) is 104 Å². The van der Waals surface area contributed by atoms with E-state index in [4.69, 9.17) is 5.73 Å². The minimum absolute atomic E-state index is 0.273. The van der Waals surface area contributed by atoms with Crippen LogP contribution in [0.3, 0.4) is 0 Å². The van der Waals surface area contributed by atoms with Crippen molar-refractivity contribution in [2.45, 2.75) is 0 Å². The molecule has 0 aromatic carbocycles. The molecule has 0 saturated heterocycles. The molecule has 4 heterocycles. The average Bonchev–Trinajstić information content (AvgIpc) is 3.35. The fourth-order valence-corrected chi connectivity index (χ4v) is 2.63. The van der Waals surface area contributed by atoms with Crippen LogP contribution in [0.4, 0.5) is 11.5 Å². The third-order valence-electron chi connectivity index (χ3n) is 4.05. The van der Waals surface area contributed by atoms with Gasteiger partial charge in [0.05, 0.1) is 11.9 Å². The van der Waals surface area contributed by atoms with Crippen LogP contribution in [0.1, 0.15) is 10.5 Å². The molecule has 4 aromatic heterocycles. The van der Waals surface area contributed by atoms with E-state index in [0.29, 0.717) is 17.3 Å². The fourth-order valence-electron chi connectivity index (χ4n) is 2.63. The van der Waals surface area contributed by atoms with Gasteiger partial charge in [-0.25, -0.2) is 4.98 Å². The number of nitrogens with one attached hydrogen (secondary N) is 1. The van der Waals surface area contributed by atoms with Crippen molar-refractivity contribution < 1.29 is 4.79 Å². The maximum atomic E-state index is 12.5. The SMILES string of the molecule is Cn1cc(-c2ccc(C(=O)Nc3nc(-n4cccc4)ccc3N)nc2)cn1. The van der Waals surface area contributed by atoms with Gasteiger partial charge < -0.3 is 15.6 Å². The highest BCUT2D eigenvalue weighted by atomic mass is 16.1. The van der Waals surface area contributed by atoms with Crippen molar-refractivity contribution in [3.8, 4) is 16.9 Å². The van der Waals surface area contributed by atoms with Gasteiger partial charge in [0.25, 0.3) is 5.91 Å². The molecule has 8 nitrogen and oxygen atoms in total. The van der Waals surface area contributed by atoms with Gasteiger partial charge >= 0.3 is 0 Å². The Balaban J connectivity index is 1.54. The molecule has 4 aromatic rings. The molecule has 8 heteroatoms. The molecule has 0 aliphatic carbocycles. The van der Waals surface area contributed by atoms with Gasteiger partial charge in [-0.1, -0.05) is 6.07 Å². The summed E-state index contributed by atoms with van der Waals surface area (Å²) in [5.41, 5.74) is 8.42.